The van der Waals surface area contributed by atoms with Crippen molar-refractivity contribution in [1.82, 2.24) is 0 Å². The Morgan fingerprint density at radius 1 is 0.528 bits per heavy atom. The lowest BCUT2D eigenvalue weighted by atomic mass is 9.96. The van der Waals surface area contributed by atoms with E-state index in [0.29, 0.717) is 77.5 Å². The first-order chi connectivity index (χ1) is 17.7. The van der Waals surface area contributed by atoms with Gasteiger partial charge in [0.1, 0.15) is 0 Å². The average molecular weight is 517 g/mol. The van der Waals surface area contributed by atoms with Crippen LogP contribution in [0.2, 0.25) is 0 Å². The van der Waals surface area contributed by atoms with Gasteiger partial charge in [-0.3, -0.25) is 4.79 Å². The van der Waals surface area contributed by atoms with Crippen LogP contribution in [0.5, 0.6) is 0 Å². The Balaban J connectivity index is 3.51. The van der Waals surface area contributed by atoms with Crippen LogP contribution in [0.4, 0.5) is 0 Å². The molecule has 0 aromatic carbocycles. The first-order valence-corrected chi connectivity index (χ1v) is 15.1. The van der Waals surface area contributed by atoms with Crippen molar-refractivity contribution in [3.05, 3.63) is 0 Å². The molecule has 2 atom stereocenters. The molecule has 0 N–H and O–H groups in total. The van der Waals surface area contributed by atoms with E-state index in [9.17, 15) is 4.79 Å². The minimum absolute atomic E-state index is 0.0998. The summed E-state index contributed by atoms with van der Waals surface area (Å²) in [6, 6.07) is 0. The fraction of sp³-hybridized carbons (Fsp3) is 0.967. The van der Waals surface area contributed by atoms with Gasteiger partial charge in [0.15, 0.2) is 0 Å². The number of unbranched alkanes of at least 4 members (excludes halogenated alkanes) is 5. The second-order valence-electron chi connectivity index (χ2n) is 9.97. The fourth-order valence-corrected chi connectivity index (χ4v) is 4.07. The van der Waals surface area contributed by atoms with E-state index >= 15 is 0 Å². The van der Waals surface area contributed by atoms with Gasteiger partial charge in [0, 0.05) is 19.6 Å². The van der Waals surface area contributed by atoms with Crippen LogP contribution in [0.25, 0.3) is 0 Å². The Kier molecular flexibility index (Phi) is 28.3. The van der Waals surface area contributed by atoms with Crippen molar-refractivity contribution in [2.45, 2.75) is 118 Å². The molecule has 36 heavy (non-hydrogen) atoms. The summed E-state index contributed by atoms with van der Waals surface area (Å²) in [6.45, 7) is 14.3. The molecule has 0 aromatic heterocycles. The molecule has 0 aliphatic heterocycles. The third-order valence-corrected chi connectivity index (χ3v) is 6.59. The molecule has 216 valence electrons. The molecule has 6 nitrogen and oxygen atoms in total. The van der Waals surface area contributed by atoms with Crippen LogP contribution in [0.15, 0.2) is 0 Å². The van der Waals surface area contributed by atoms with E-state index in [-0.39, 0.29) is 5.97 Å². The molecule has 0 saturated heterocycles. The molecule has 6 heteroatoms. The highest BCUT2D eigenvalue weighted by Crippen LogP contribution is 2.18. The highest BCUT2D eigenvalue weighted by atomic mass is 16.6. The van der Waals surface area contributed by atoms with Gasteiger partial charge in [0.25, 0.3) is 0 Å². The van der Waals surface area contributed by atoms with Crippen LogP contribution >= 0.6 is 0 Å². The minimum atomic E-state index is -0.0998. The van der Waals surface area contributed by atoms with Crippen LogP contribution in [-0.2, 0) is 28.5 Å². The molecule has 0 rings (SSSR count). The quantitative estimate of drug-likeness (QED) is 0.0764. The maximum Gasteiger partial charge on any atom is 0.305 e. The smallest absolute Gasteiger partial charge is 0.305 e. The largest absolute Gasteiger partial charge is 0.465 e. The lowest BCUT2D eigenvalue weighted by molar-refractivity contribution is -0.145. The van der Waals surface area contributed by atoms with Crippen LogP contribution in [0, 0.1) is 11.8 Å². The summed E-state index contributed by atoms with van der Waals surface area (Å²) in [4.78, 5) is 12.1. The zero-order chi connectivity index (χ0) is 26.5. The van der Waals surface area contributed by atoms with E-state index < -0.39 is 0 Å². The van der Waals surface area contributed by atoms with E-state index in [4.69, 9.17) is 23.7 Å². The van der Waals surface area contributed by atoms with Crippen LogP contribution in [-0.4, -0.2) is 65.4 Å². The van der Waals surface area contributed by atoms with Gasteiger partial charge >= 0.3 is 5.97 Å². The van der Waals surface area contributed by atoms with Crippen molar-refractivity contribution in [2.24, 2.45) is 11.8 Å². The Hall–Kier alpha value is -0.690. The number of hydrogen-bond acceptors (Lipinski definition) is 6. The Morgan fingerprint density at radius 2 is 1.06 bits per heavy atom. The monoisotopic (exact) mass is 516 g/mol. The van der Waals surface area contributed by atoms with Gasteiger partial charge in [0.05, 0.1) is 46.2 Å². The number of carbonyl (C=O) groups excluding carboxylic acids is 1. The number of esters is 1. The van der Waals surface area contributed by atoms with E-state index in [1.54, 1.807) is 0 Å². The van der Waals surface area contributed by atoms with Gasteiger partial charge in [-0.15, -0.1) is 0 Å². The van der Waals surface area contributed by atoms with Crippen molar-refractivity contribution in [3.8, 4) is 0 Å². The normalized spacial score (nSPS) is 13.1. The molecule has 0 aromatic rings. The van der Waals surface area contributed by atoms with Crippen molar-refractivity contribution in [3.63, 3.8) is 0 Å². The van der Waals surface area contributed by atoms with Crippen molar-refractivity contribution in [1.29, 1.82) is 0 Å². The molecule has 0 fully saturated rings. The number of hydrogen-bond donors (Lipinski definition) is 0. The number of ether oxygens (including phenoxy) is 5. The lowest BCUT2D eigenvalue weighted by Crippen LogP contribution is -2.15. The van der Waals surface area contributed by atoms with E-state index in [1.807, 2.05) is 0 Å². The SMILES string of the molecule is CCCCCCC(CCCC)COC(=O)CCCOCCOCCOCCOCC(CC)CCCC. The molecular weight excluding hydrogens is 456 g/mol. The first kappa shape index (κ1) is 35.3. The van der Waals surface area contributed by atoms with Gasteiger partial charge in [-0.2, -0.15) is 0 Å². The summed E-state index contributed by atoms with van der Waals surface area (Å²) < 4.78 is 27.9. The van der Waals surface area contributed by atoms with Gasteiger partial charge < -0.3 is 23.7 Å². The third kappa shape index (κ3) is 25.0. The molecule has 0 radical (unpaired) electrons. The zero-order valence-corrected chi connectivity index (χ0v) is 24.4. The summed E-state index contributed by atoms with van der Waals surface area (Å²) >= 11 is 0. The first-order valence-electron chi connectivity index (χ1n) is 15.1. The summed E-state index contributed by atoms with van der Waals surface area (Å²) in [7, 11) is 0. The predicted molar refractivity (Wildman–Crippen MR) is 149 cm³/mol. The molecule has 0 bridgehead atoms. The second kappa shape index (κ2) is 28.9. The summed E-state index contributed by atoms with van der Waals surface area (Å²) in [5, 5.41) is 0. The third-order valence-electron chi connectivity index (χ3n) is 6.59. The van der Waals surface area contributed by atoms with Gasteiger partial charge in [-0.1, -0.05) is 85.5 Å². The summed E-state index contributed by atoms with van der Waals surface area (Å²) in [5.41, 5.74) is 0. The highest BCUT2D eigenvalue weighted by molar-refractivity contribution is 5.69. The average Bonchev–Trinajstić information content (AvgIpc) is 2.89. The molecule has 0 heterocycles. The van der Waals surface area contributed by atoms with E-state index in [0.717, 1.165) is 13.0 Å². The fourth-order valence-electron chi connectivity index (χ4n) is 4.07. The Labute approximate surface area is 223 Å². The van der Waals surface area contributed by atoms with E-state index in [1.165, 1.54) is 70.6 Å². The molecule has 2 unspecified atom stereocenters. The molecule has 0 amide bonds. The topological polar surface area (TPSA) is 63.2 Å². The molecule has 0 aliphatic rings. The second-order valence-corrected chi connectivity index (χ2v) is 9.97. The van der Waals surface area contributed by atoms with Crippen LogP contribution < -0.4 is 0 Å². The predicted octanol–water partition coefficient (Wildman–Crippen LogP) is 7.37. The Bertz CT molecular complexity index is 445. The van der Waals surface area contributed by atoms with Gasteiger partial charge in [-0.05, 0) is 37.5 Å². The maximum absolute atomic E-state index is 12.1. The van der Waals surface area contributed by atoms with Crippen molar-refractivity contribution < 1.29 is 28.5 Å². The number of rotatable bonds is 29. The van der Waals surface area contributed by atoms with Gasteiger partial charge in [0.2, 0.25) is 0 Å². The van der Waals surface area contributed by atoms with Crippen LogP contribution in [0.1, 0.15) is 118 Å². The summed E-state index contributed by atoms with van der Waals surface area (Å²) in [6.07, 6.45) is 15.9. The molecular formula is C30H60O6. The molecule has 0 aliphatic carbocycles. The minimum Gasteiger partial charge on any atom is -0.465 e. The van der Waals surface area contributed by atoms with E-state index in [2.05, 4.69) is 27.7 Å². The molecule has 0 saturated carbocycles. The lowest BCUT2D eigenvalue weighted by Gasteiger charge is -2.16. The summed E-state index contributed by atoms with van der Waals surface area (Å²) in [5.74, 6) is 1.09. The van der Waals surface area contributed by atoms with Crippen molar-refractivity contribution in [2.75, 3.05) is 59.5 Å². The highest BCUT2D eigenvalue weighted by Gasteiger charge is 2.12. The Morgan fingerprint density at radius 3 is 1.64 bits per heavy atom. The maximum atomic E-state index is 12.1. The van der Waals surface area contributed by atoms with Crippen molar-refractivity contribution >= 4 is 5.97 Å². The standard InChI is InChI=1S/C30H60O6/c1-5-9-12-13-17-29(16-11-7-3)27-36-30(31)18-14-19-32-20-21-33-22-23-34-24-25-35-26-28(8-4)15-10-6-2/h28-29H,5-27H2,1-4H3. The van der Waals surface area contributed by atoms with Crippen LogP contribution in [0.3, 0.4) is 0 Å². The molecule has 0 spiro atoms. The number of carbonyl (C=O) groups is 1. The van der Waals surface area contributed by atoms with Gasteiger partial charge in [-0.25, -0.2) is 0 Å². The zero-order valence-electron chi connectivity index (χ0n) is 24.4.